The number of nitro benzene ring substituents is 1. The van der Waals surface area contributed by atoms with Gasteiger partial charge < -0.3 is 14.6 Å². The van der Waals surface area contributed by atoms with E-state index in [0.717, 1.165) is 0 Å². The summed E-state index contributed by atoms with van der Waals surface area (Å²) in [4.78, 5) is 10.3. The van der Waals surface area contributed by atoms with Gasteiger partial charge in [0.25, 0.3) is 5.69 Å². The average molecular weight is 342 g/mol. The van der Waals surface area contributed by atoms with E-state index in [-0.39, 0.29) is 11.7 Å². The van der Waals surface area contributed by atoms with Crippen molar-refractivity contribution < 1.29 is 19.5 Å². The zero-order valence-electron chi connectivity index (χ0n) is 13.4. The minimum atomic E-state index is -0.497. The summed E-state index contributed by atoms with van der Waals surface area (Å²) in [7, 11) is 3.05. The summed E-state index contributed by atoms with van der Waals surface area (Å²) < 4.78 is 11.9. The van der Waals surface area contributed by atoms with Crippen molar-refractivity contribution >= 4 is 5.69 Å². The SMILES string of the molecule is COc1ccc(-c2nnc(O)n2-c2ccc([N+](=O)[O-])cc2)c(OC)c1. The first-order valence-electron chi connectivity index (χ1n) is 7.16. The Labute approximate surface area is 142 Å². The van der Waals surface area contributed by atoms with Crippen LogP contribution in [0.3, 0.4) is 0 Å². The van der Waals surface area contributed by atoms with Gasteiger partial charge in [0.15, 0.2) is 5.82 Å². The second-order valence-electron chi connectivity index (χ2n) is 5.00. The number of aromatic nitrogens is 3. The van der Waals surface area contributed by atoms with Crippen molar-refractivity contribution in [2.24, 2.45) is 0 Å². The van der Waals surface area contributed by atoms with Crippen LogP contribution in [-0.4, -0.2) is 39.0 Å². The molecule has 0 saturated heterocycles. The van der Waals surface area contributed by atoms with Gasteiger partial charge in [0, 0.05) is 18.2 Å². The number of aromatic hydroxyl groups is 1. The van der Waals surface area contributed by atoms with Crippen LogP contribution in [0.2, 0.25) is 0 Å². The summed E-state index contributed by atoms with van der Waals surface area (Å²) in [5.74, 6) is 1.41. The molecule has 0 amide bonds. The average Bonchev–Trinajstić information content (AvgIpc) is 3.02. The predicted octanol–water partition coefficient (Wildman–Crippen LogP) is 2.57. The molecule has 1 aromatic heterocycles. The lowest BCUT2D eigenvalue weighted by Gasteiger charge is -2.12. The summed E-state index contributed by atoms with van der Waals surface area (Å²) in [6.45, 7) is 0. The molecule has 0 saturated carbocycles. The van der Waals surface area contributed by atoms with Crippen LogP contribution in [0.25, 0.3) is 17.1 Å². The van der Waals surface area contributed by atoms with E-state index in [1.807, 2.05) is 0 Å². The van der Waals surface area contributed by atoms with Gasteiger partial charge in [0.1, 0.15) is 11.5 Å². The monoisotopic (exact) mass is 342 g/mol. The second-order valence-corrected chi connectivity index (χ2v) is 5.00. The molecule has 0 aliphatic heterocycles. The molecule has 0 aliphatic rings. The Morgan fingerprint density at radius 1 is 1.08 bits per heavy atom. The summed E-state index contributed by atoms with van der Waals surface area (Å²) >= 11 is 0. The third-order valence-corrected chi connectivity index (χ3v) is 3.61. The number of hydrogen-bond acceptors (Lipinski definition) is 7. The van der Waals surface area contributed by atoms with Crippen LogP contribution in [0.4, 0.5) is 5.69 Å². The quantitative estimate of drug-likeness (QED) is 0.560. The van der Waals surface area contributed by atoms with Crippen LogP contribution in [-0.2, 0) is 0 Å². The van der Waals surface area contributed by atoms with Crippen LogP contribution in [0.5, 0.6) is 17.5 Å². The molecule has 128 valence electrons. The Bertz CT molecular complexity index is 921. The van der Waals surface area contributed by atoms with Gasteiger partial charge in [-0.1, -0.05) is 5.10 Å². The highest BCUT2D eigenvalue weighted by Gasteiger charge is 2.19. The Morgan fingerprint density at radius 3 is 2.40 bits per heavy atom. The van der Waals surface area contributed by atoms with Crippen molar-refractivity contribution in [3.05, 3.63) is 52.6 Å². The number of non-ortho nitro benzene ring substituents is 1. The molecule has 0 atom stereocenters. The number of nitrogens with zero attached hydrogens (tertiary/aromatic N) is 4. The van der Waals surface area contributed by atoms with E-state index in [2.05, 4.69) is 10.2 Å². The molecule has 1 N–H and O–H groups in total. The molecule has 2 aromatic carbocycles. The molecule has 3 rings (SSSR count). The predicted molar refractivity (Wildman–Crippen MR) is 88.2 cm³/mol. The highest BCUT2D eigenvalue weighted by atomic mass is 16.6. The van der Waals surface area contributed by atoms with E-state index in [1.165, 1.54) is 35.9 Å². The molecule has 0 bridgehead atoms. The van der Waals surface area contributed by atoms with Gasteiger partial charge in [0.2, 0.25) is 0 Å². The lowest BCUT2D eigenvalue weighted by Crippen LogP contribution is -2.00. The molecule has 0 fully saturated rings. The molecule has 0 spiro atoms. The number of ether oxygens (including phenoxy) is 2. The molecular weight excluding hydrogens is 328 g/mol. The molecule has 9 nitrogen and oxygen atoms in total. The highest BCUT2D eigenvalue weighted by molar-refractivity contribution is 5.68. The smallest absolute Gasteiger partial charge is 0.319 e. The Morgan fingerprint density at radius 2 is 1.80 bits per heavy atom. The number of benzene rings is 2. The Balaban J connectivity index is 2.13. The van der Waals surface area contributed by atoms with Crippen molar-refractivity contribution in [2.75, 3.05) is 14.2 Å². The van der Waals surface area contributed by atoms with Gasteiger partial charge in [0.05, 0.1) is 30.4 Å². The van der Waals surface area contributed by atoms with Crippen LogP contribution in [0, 0.1) is 10.1 Å². The van der Waals surface area contributed by atoms with E-state index < -0.39 is 4.92 Å². The number of rotatable bonds is 5. The van der Waals surface area contributed by atoms with Gasteiger partial charge in [-0.05, 0) is 24.3 Å². The second kappa shape index (κ2) is 6.48. The van der Waals surface area contributed by atoms with Gasteiger partial charge >= 0.3 is 6.01 Å². The van der Waals surface area contributed by atoms with Gasteiger partial charge in [-0.3, -0.25) is 10.1 Å². The molecule has 0 radical (unpaired) electrons. The Hall–Kier alpha value is -3.62. The third-order valence-electron chi connectivity index (χ3n) is 3.61. The first kappa shape index (κ1) is 16.2. The van der Waals surface area contributed by atoms with Crippen LogP contribution in [0.15, 0.2) is 42.5 Å². The number of methoxy groups -OCH3 is 2. The van der Waals surface area contributed by atoms with Crippen LogP contribution >= 0.6 is 0 Å². The molecule has 25 heavy (non-hydrogen) atoms. The van der Waals surface area contributed by atoms with Gasteiger partial charge in [-0.25, -0.2) is 4.57 Å². The molecule has 3 aromatic rings. The highest BCUT2D eigenvalue weighted by Crippen LogP contribution is 2.35. The maximum absolute atomic E-state index is 10.8. The lowest BCUT2D eigenvalue weighted by molar-refractivity contribution is -0.384. The molecule has 0 aliphatic carbocycles. The fourth-order valence-corrected chi connectivity index (χ4v) is 2.39. The summed E-state index contributed by atoms with van der Waals surface area (Å²) in [5.41, 5.74) is 0.996. The Kier molecular flexibility index (Phi) is 4.21. The van der Waals surface area contributed by atoms with Crippen molar-refractivity contribution in [1.29, 1.82) is 0 Å². The largest absolute Gasteiger partial charge is 0.497 e. The minimum absolute atomic E-state index is 0.0557. The molecule has 0 unspecified atom stereocenters. The molecule has 9 heteroatoms. The maximum atomic E-state index is 10.8. The van der Waals surface area contributed by atoms with Crippen molar-refractivity contribution in [3.8, 4) is 34.6 Å². The van der Waals surface area contributed by atoms with Crippen LogP contribution in [0.1, 0.15) is 0 Å². The molecule has 1 heterocycles. The van der Waals surface area contributed by atoms with Gasteiger partial charge in [-0.2, -0.15) is 0 Å². The fraction of sp³-hybridized carbons (Fsp3) is 0.125. The van der Waals surface area contributed by atoms with Crippen molar-refractivity contribution in [2.45, 2.75) is 0 Å². The van der Waals surface area contributed by atoms with E-state index in [1.54, 1.807) is 25.3 Å². The number of nitro groups is 1. The fourth-order valence-electron chi connectivity index (χ4n) is 2.39. The van der Waals surface area contributed by atoms with E-state index in [0.29, 0.717) is 28.6 Å². The summed E-state index contributed by atoms with van der Waals surface area (Å²) in [6, 6.07) is 10.5. The van der Waals surface area contributed by atoms with E-state index >= 15 is 0 Å². The zero-order valence-corrected chi connectivity index (χ0v) is 13.4. The van der Waals surface area contributed by atoms with Crippen LogP contribution < -0.4 is 9.47 Å². The first-order valence-corrected chi connectivity index (χ1v) is 7.16. The van der Waals surface area contributed by atoms with Crippen molar-refractivity contribution in [3.63, 3.8) is 0 Å². The normalized spacial score (nSPS) is 10.5. The topological polar surface area (TPSA) is 113 Å². The van der Waals surface area contributed by atoms with Crippen molar-refractivity contribution in [1.82, 2.24) is 14.8 Å². The first-order chi connectivity index (χ1) is 12.0. The van der Waals surface area contributed by atoms with E-state index in [9.17, 15) is 15.2 Å². The lowest BCUT2D eigenvalue weighted by atomic mass is 10.1. The number of hydrogen-bond donors (Lipinski definition) is 1. The third kappa shape index (κ3) is 2.94. The van der Waals surface area contributed by atoms with Gasteiger partial charge in [-0.15, -0.1) is 5.10 Å². The standard InChI is InChI=1S/C16H14N4O5/c1-24-12-7-8-13(14(9-12)25-2)15-17-18-16(21)19(15)10-3-5-11(6-4-10)20(22)23/h3-9H,1-2H3,(H,18,21). The minimum Gasteiger partial charge on any atom is -0.497 e. The summed E-state index contributed by atoms with van der Waals surface area (Å²) in [6.07, 6.45) is 0. The summed E-state index contributed by atoms with van der Waals surface area (Å²) in [5, 5.41) is 28.6. The zero-order chi connectivity index (χ0) is 18.0. The van der Waals surface area contributed by atoms with E-state index in [4.69, 9.17) is 9.47 Å². The maximum Gasteiger partial charge on any atom is 0.319 e. The molecular formula is C16H14N4O5.